The third kappa shape index (κ3) is 3.99. The summed E-state index contributed by atoms with van der Waals surface area (Å²) in [5.74, 6) is -3.39. The van der Waals surface area contributed by atoms with E-state index in [1.54, 1.807) is 0 Å². The first-order valence-corrected chi connectivity index (χ1v) is 6.04. The van der Waals surface area contributed by atoms with Gasteiger partial charge in [-0.05, 0) is 17.7 Å². The molecule has 0 saturated carbocycles. The maximum atomic E-state index is 12.1. The Morgan fingerprint density at radius 3 is 2.22 bits per heavy atom. The quantitative estimate of drug-likeness (QED) is 0.872. The summed E-state index contributed by atoms with van der Waals surface area (Å²) < 4.78 is 40.9. The van der Waals surface area contributed by atoms with E-state index in [4.69, 9.17) is 10.2 Å². The Labute approximate surface area is 126 Å². The fourth-order valence-electron chi connectivity index (χ4n) is 1.88. The highest BCUT2D eigenvalue weighted by atomic mass is 19.4. The van der Waals surface area contributed by atoms with Crippen molar-refractivity contribution in [1.82, 2.24) is 9.55 Å². The number of aromatic carboxylic acids is 2. The molecule has 0 spiro atoms. The van der Waals surface area contributed by atoms with Crippen LogP contribution in [0.5, 0.6) is 5.75 Å². The number of benzene rings is 1. The molecular formula is C13H9F3N2O5. The summed E-state index contributed by atoms with van der Waals surface area (Å²) >= 11 is 0. The summed E-state index contributed by atoms with van der Waals surface area (Å²) in [5, 5.41) is 17.9. The van der Waals surface area contributed by atoms with Gasteiger partial charge in [0.1, 0.15) is 5.75 Å². The van der Waals surface area contributed by atoms with E-state index in [9.17, 15) is 22.8 Å². The molecule has 1 aromatic carbocycles. The molecule has 2 N–H and O–H groups in total. The van der Waals surface area contributed by atoms with Gasteiger partial charge in [0.25, 0.3) is 0 Å². The highest BCUT2D eigenvalue weighted by Gasteiger charge is 2.31. The zero-order valence-electron chi connectivity index (χ0n) is 11.2. The lowest BCUT2D eigenvalue weighted by Crippen LogP contribution is -2.17. The van der Waals surface area contributed by atoms with Crippen LogP contribution in [0.15, 0.2) is 30.6 Å². The number of rotatable bonds is 5. The Kier molecular flexibility index (Phi) is 4.25. The Morgan fingerprint density at radius 1 is 1.13 bits per heavy atom. The van der Waals surface area contributed by atoms with E-state index in [2.05, 4.69) is 9.72 Å². The van der Waals surface area contributed by atoms with Crippen LogP contribution < -0.4 is 4.74 Å². The van der Waals surface area contributed by atoms with Gasteiger partial charge in [0.15, 0.2) is 11.4 Å². The van der Waals surface area contributed by atoms with Crippen molar-refractivity contribution in [1.29, 1.82) is 0 Å². The smallest absolute Gasteiger partial charge is 0.476 e. The fourth-order valence-corrected chi connectivity index (χ4v) is 1.88. The van der Waals surface area contributed by atoms with Gasteiger partial charge < -0.3 is 19.5 Å². The van der Waals surface area contributed by atoms with Gasteiger partial charge in [-0.2, -0.15) is 0 Å². The highest BCUT2D eigenvalue weighted by molar-refractivity contribution is 5.99. The van der Waals surface area contributed by atoms with E-state index >= 15 is 0 Å². The molecule has 0 atom stereocenters. The van der Waals surface area contributed by atoms with Gasteiger partial charge in [0, 0.05) is 6.54 Å². The maximum Gasteiger partial charge on any atom is 0.573 e. The standard InChI is InChI=1S/C13H9F3N2O5/c14-13(15,16)23-8-3-1-7(2-4-8)5-18-6-17-9(11(19)20)10(18)12(21)22/h1-4,6H,5H2,(H,19,20)(H,21,22). The fraction of sp³-hybridized carbons (Fsp3) is 0.154. The average molecular weight is 330 g/mol. The van der Waals surface area contributed by atoms with Gasteiger partial charge in [-0.25, -0.2) is 14.6 Å². The largest absolute Gasteiger partial charge is 0.573 e. The minimum absolute atomic E-state index is 0.0752. The van der Waals surface area contributed by atoms with E-state index in [-0.39, 0.29) is 6.54 Å². The molecule has 0 saturated heterocycles. The van der Waals surface area contributed by atoms with Gasteiger partial charge in [-0.1, -0.05) is 12.1 Å². The first-order valence-electron chi connectivity index (χ1n) is 6.04. The average Bonchev–Trinajstić information content (AvgIpc) is 2.83. The number of ether oxygens (including phenoxy) is 1. The lowest BCUT2D eigenvalue weighted by Gasteiger charge is -2.10. The zero-order valence-corrected chi connectivity index (χ0v) is 11.2. The van der Waals surface area contributed by atoms with Gasteiger partial charge in [0.05, 0.1) is 6.33 Å². The van der Waals surface area contributed by atoms with Crippen molar-refractivity contribution in [3.63, 3.8) is 0 Å². The minimum atomic E-state index is -4.81. The van der Waals surface area contributed by atoms with E-state index in [0.717, 1.165) is 23.0 Å². The highest BCUT2D eigenvalue weighted by Crippen LogP contribution is 2.23. The molecule has 0 aliphatic heterocycles. The number of carboxylic acid groups (broad SMARTS) is 2. The maximum absolute atomic E-state index is 12.1. The molecule has 0 aliphatic rings. The predicted molar refractivity (Wildman–Crippen MR) is 68.4 cm³/mol. The normalized spacial score (nSPS) is 11.3. The molecule has 1 aromatic heterocycles. The third-order valence-electron chi connectivity index (χ3n) is 2.75. The van der Waals surface area contributed by atoms with Crippen LogP contribution in [0, 0.1) is 0 Å². The molecule has 0 unspecified atom stereocenters. The summed E-state index contributed by atoms with van der Waals surface area (Å²) in [7, 11) is 0. The molecular weight excluding hydrogens is 321 g/mol. The first-order chi connectivity index (χ1) is 10.7. The number of carboxylic acids is 2. The van der Waals surface area contributed by atoms with Gasteiger partial charge in [-0.15, -0.1) is 13.2 Å². The van der Waals surface area contributed by atoms with Gasteiger partial charge in [0.2, 0.25) is 0 Å². The number of imidazole rings is 1. The summed E-state index contributed by atoms with van der Waals surface area (Å²) in [6.07, 6.45) is -3.77. The SMILES string of the molecule is O=C(O)c1ncn(Cc2ccc(OC(F)(F)F)cc2)c1C(=O)O. The molecule has 23 heavy (non-hydrogen) atoms. The molecule has 7 nitrogen and oxygen atoms in total. The molecule has 0 bridgehead atoms. The van der Waals surface area contributed by atoms with Crippen molar-refractivity contribution in [2.45, 2.75) is 12.9 Å². The van der Waals surface area contributed by atoms with Crippen molar-refractivity contribution < 1.29 is 37.7 Å². The van der Waals surface area contributed by atoms with Crippen LogP contribution in [-0.4, -0.2) is 38.1 Å². The number of nitrogens with zero attached hydrogens (tertiary/aromatic N) is 2. The summed E-state index contributed by atoms with van der Waals surface area (Å²) in [6, 6.07) is 4.73. The van der Waals surface area contributed by atoms with E-state index in [1.807, 2.05) is 0 Å². The number of aromatic nitrogens is 2. The van der Waals surface area contributed by atoms with E-state index in [0.29, 0.717) is 5.56 Å². The number of halogens is 3. The van der Waals surface area contributed by atoms with Crippen LogP contribution in [0.4, 0.5) is 13.2 Å². The second-order valence-corrected chi connectivity index (χ2v) is 4.37. The van der Waals surface area contributed by atoms with E-state index < -0.39 is 35.4 Å². The molecule has 2 rings (SSSR count). The molecule has 0 amide bonds. The number of hydrogen-bond acceptors (Lipinski definition) is 4. The molecule has 1 heterocycles. The van der Waals surface area contributed by atoms with E-state index in [1.165, 1.54) is 12.1 Å². The number of hydrogen-bond donors (Lipinski definition) is 2. The van der Waals surface area contributed by atoms with Crippen molar-refractivity contribution in [3.8, 4) is 5.75 Å². The van der Waals surface area contributed by atoms with Crippen LogP contribution in [0.25, 0.3) is 0 Å². The Balaban J connectivity index is 2.23. The van der Waals surface area contributed by atoms with Crippen LogP contribution in [0.3, 0.4) is 0 Å². The second-order valence-electron chi connectivity index (χ2n) is 4.37. The molecule has 0 fully saturated rings. The molecule has 10 heteroatoms. The topological polar surface area (TPSA) is 102 Å². The van der Waals surface area contributed by atoms with Crippen molar-refractivity contribution >= 4 is 11.9 Å². The zero-order chi connectivity index (χ0) is 17.2. The Morgan fingerprint density at radius 2 is 1.74 bits per heavy atom. The lowest BCUT2D eigenvalue weighted by molar-refractivity contribution is -0.274. The van der Waals surface area contributed by atoms with Crippen LogP contribution in [0.2, 0.25) is 0 Å². The Hall–Kier alpha value is -3.04. The number of alkyl halides is 3. The second kappa shape index (κ2) is 5.99. The van der Waals surface area contributed by atoms with Crippen LogP contribution in [0.1, 0.15) is 26.5 Å². The first kappa shape index (κ1) is 16.3. The molecule has 2 aromatic rings. The third-order valence-corrected chi connectivity index (χ3v) is 2.75. The summed E-state index contributed by atoms with van der Waals surface area (Å²) in [5.41, 5.74) is -0.695. The summed E-state index contributed by atoms with van der Waals surface area (Å²) in [4.78, 5) is 25.6. The minimum Gasteiger partial charge on any atom is -0.476 e. The van der Waals surface area contributed by atoms with Crippen LogP contribution in [-0.2, 0) is 6.54 Å². The van der Waals surface area contributed by atoms with Crippen molar-refractivity contribution in [2.75, 3.05) is 0 Å². The van der Waals surface area contributed by atoms with Crippen molar-refractivity contribution in [3.05, 3.63) is 47.5 Å². The molecule has 0 radical (unpaired) electrons. The lowest BCUT2D eigenvalue weighted by atomic mass is 10.2. The number of carbonyl (C=O) groups is 2. The van der Waals surface area contributed by atoms with Gasteiger partial charge >= 0.3 is 18.3 Å². The Bertz CT molecular complexity index is 737. The monoisotopic (exact) mass is 330 g/mol. The van der Waals surface area contributed by atoms with Gasteiger partial charge in [-0.3, -0.25) is 0 Å². The predicted octanol–water partition coefficient (Wildman–Crippen LogP) is 2.23. The molecule has 0 aliphatic carbocycles. The summed E-state index contributed by atoms with van der Waals surface area (Å²) in [6.45, 7) is -0.0752. The van der Waals surface area contributed by atoms with Crippen LogP contribution >= 0.6 is 0 Å². The van der Waals surface area contributed by atoms with Crippen molar-refractivity contribution in [2.24, 2.45) is 0 Å². The molecule has 122 valence electrons.